The Kier molecular flexibility index (Phi) is 5.04. The van der Waals surface area contributed by atoms with E-state index in [0.717, 1.165) is 4.90 Å². The van der Waals surface area contributed by atoms with Crippen LogP contribution in [0.1, 0.15) is 32.7 Å². The number of halogens is 1. The van der Waals surface area contributed by atoms with E-state index in [9.17, 15) is 24.5 Å². The molecule has 2 aromatic carbocycles. The Bertz CT molecular complexity index is 989. The number of carbonyl (C=O) groups is 3. The number of hydrogen-bond donors (Lipinski definition) is 1. The van der Waals surface area contributed by atoms with Gasteiger partial charge in [-0.15, -0.1) is 0 Å². The number of nitro benzene ring substituents is 1. The first-order chi connectivity index (χ1) is 12.8. The second-order valence-electron chi connectivity index (χ2n) is 6.01. The van der Waals surface area contributed by atoms with Crippen molar-refractivity contribution in [1.29, 1.82) is 0 Å². The molecule has 0 spiro atoms. The molecule has 0 fully saturated rings. The summed E-state index contributed by atoms with van der Waals surface area (Å²) in [6.45, 7) is 1.63. The molecule has 0 saturated carbocycles. The number of amides is 3. The van der Waals surface area contributed by atoms with Gasteiger partial charge in [-0.2, -0.15) is 0 Å². The van der Waals surface area contributed by atoms with E-state index in [0.29, 0.717) is 26.9 Å². The van der Waals surface area contributed by atoms with Crippen LogP contribution in [0.25, 0.3) is 0 Å². The third kappa shape index (κ3) is 3.72. The van der Waals surface area contributed by atoms with E-state index in [-0.39, 0.29) is 18.7 Å². The van der Waals surface area contributed by atoms with E-state index < -0.39 is 22.6 Å². The molecule has 1 heterocycles. The fourth-order valence-corrected chi connectivity index (χ4v) is 3.11. The van der Waals surface area contributed by atoms with Gasteiger partial charge in [0.15, 0.2) is 0 Å². The van der Waals surface area contributed by atoms with Crippen molar-refractivity contribution in [3.05, 3.63) is 67.7 Å². The first-order valence-electron chi connectivity index (χ1n) is 7.98. The Labute approximate surface area is 162 Å². The predicted octanol–water partition coefficient (Wildman–Crippen LogP) is 3.29. The number of fused-ring (bicyclic) bond motifs is 1. The summed E-state index contributed by atoms with van der Waals surface area (Å²) in [5.41, 5.74) is 1.45. The maximum Gasteiger partial charge on any atom is 0.271 e. The molecule has 8 nitrogen and oxygen atoms in total. The largest absolute Gasteiger partial charge is 0.326 e. The number of nitro groups is 1. The van der Waals surface area contributed by atoms with Gasteiger partial charge in [-0.05, 0) is 30.7 Å². The van der Waals surface area contributed by atoms with Crippen molar-refractivity contribution >= 4 is 45.0 Å². The van der Waals surface area contributed by atoms with E-state index in [2.05, 4.69) is 21.2 Å². The zero-order valence-electron chi connectivity index (χ0n) is 14.2. The predicted molar refractivity (Wildman–Crippen MR) is 101 cm³/mol. The normalized spacial score (nSPS) is 12.9. The molecular weight excluding hydrogens is 418 g/mol. The van der Waals surface area contributed by atoms with Gasteiger partial charge < -0.3 is 5.32 Å². The molecule has 2 aromatic rings. The summed E-state index contributed by atoms with van der Waals surface area (Å²) in [6, 6.07) is 8.96. The highest BCUT2D eigenvalue weighted by atomic mass is 79.9. The van der Waals surface area contributed by atoms with Gasteiger partial charge in [0.25, 0.3) is 17.5 Å². The van der Waals surface area contributed by atoms with Gasteiger partial charge in [0.05, 0.1) is 21.7 Å². The summed E-state index contributed by atoms with van der Waals surface area (Å²) in [6.07, 6.45) is -0.116. The number of carbonyl (C=O) groups excluding carboxylic acids is 3. The molecule has 0 aromatic heterocycles. The third-order valence-corrected chi connectivity index (χ3v) is 4.69. The van der Waals surface area contributed by atoms with Gasteiger partial charge in [0.1, 0.15) is 0 Å². The fourth-order valence-electron chi connectivity index (χ4n) is 2.75. The first kappa shape index (κ1) is 18.7. The minimum atomic E-state index is -0.550. The molecule has 0 radical (unpaired) electrons. The lowest BCUT2D eigenvalue weighted by Gasteiger charge is -2.14. The number of benzene rings is 2. The number of non-ortho nitro benzene ring substituents is 1. The van der Waals surface area contributed by atoms with Crippen molar-refractivity contribution in [3.63, 3.8) is 0 Å². The molecular formula is C18H14BrN3O5. The van der Waals surface area contributed by atoms with Crippen LogP contribution in [-0.4, -0.2) is 34.1 Å². The zero-order valence-corrected chi connectivity index (χ0v) is 15.8. The number of hydrogen-bond acceptors (Lipinski definition) is 5. The molecule has 0 aliphatic carbocycles. The molecule has 3 amide bonds. The Morgan fingerprint density at radius 3 is 2.56 bits per heavy atom. The van der Waals surface area contributed by atoms with E-state index in [4.69, 9.17) is 0 Å². The summed E-state index contributed by atoms with van der Waals surface area (Å²) in [5.74, 6) is -1.34. The maximum atomic E-state index is 12.4. The van der Waals surface area contributed by atoms with Crippen LogP contribution in [0.4, 0.5) is 11.4 Å². The van der Waals surface area contributed by atoms with Gasteiger partial charge in [0.2, 0.25) is 5.91 Å². The standard InChI is InChI=1S/C18H14BrN3O5/c1-10-2-4-12(22(26)27)9-15(10)20-16(23)6-7-21-17(24)13-5-3-11(19)8-14(13)18(21)25/h2-5,8-9H,6-7H2,1H3,(H,20,23). The van der Waals surface area contributed by atoms with Gasteiger partial charge in [-0.1, -0.05) is 22.0 Å². The van der Waals surface area contributed by atoms with Crippen LogP contribution in [-0.2, 0) is 4.79 Å². The lowest BCUT2D eigenvalue weighted by atomic mass is 10.1. The summed E-state index contributed by atoms with van der Waals surface area (Å²) in [4.78, 5) is 48.3. The Morgan fingerprint density at radius 2 is 1.85 bits per heavy atom. The van der Waals surface area contributed by atoms with E-state index in [1.54, 1.807) is 25.1 Å². The quantitative estimate of drug-likeness (QED) is 0.443. The van der Waals surface area contributed by atoms with Gasteiger partial charge in [-0.3, -0.25) is 29.4 Å². The molecule has 0 saturated heterocycles. The number of nitrogens with one attached hydrogen (secondary N) is 1. The van der Waals surface area contributed by atoms with Crippen LogP contribution < -0.4 is 5.32 Å². The molecule has 138 valence electrons. The first-order valence-corrected chi connectivity index (χ1v) is 8.78. The molecule has 3 rings (SSSR count). The molecule has 27 heavy (non-hydrogen) atoms. The molecule has 1 aliphatic heterocycles. The second-order valence-corrected chi connectivity index (χ2v) is 6.92. The Morgan fingerprint density at radius 1 is 1.15 bits per heavy atom. The van der Waals surface area contributed by atoms with E-state index in [1.807, 2.05) is 0 Å². The number of nitrogens with zero attached hydrogens (tertiary/aromatic N) is 2. The summed E-state index contributed by atoms with van der Waals surface area (Å²) in [5, 5.41) is 13.5. The van der Waals surface area contributed by atoms with E-state index >= 15 is 0 Å². The van der Waals surface area contributed by atoms with Crippen molar-refractivity contribution < 1.29 is 19.3 Å². The highest BCUT2D eigenvalue weighted by molar-refractivity contribution is 9.10. The zero-order chi connectivity index (χ0) is 19.7. The van der Waals surface area contributed by atoms with E-state index in [1.165, 1.54) is 18.2 Å². The van der Waals surface area contributed by atoms with Gasteiger partial charge >= 0.3 is 0 Å². The average Bonchev–Trinajstić information content (AvgIpc) is 2.85. The van der Waals surface area contributed by atoms with Crippen LogP contribution in [0.2, 0.25) is 0 Å². The SMILES string of the molecule is Cc1ccc([N+](=O)[O-])cc1NC(=O)CCN1C(=O)c2ccc(Br)cc2C1=O. The van der Waals surface area contributed by atoms with Gasteiger partial charge in [-0.25, -0.2) is 0 Å². The minimum Gasteiger partial charge on any atom is -0.326 e. The topological polar surface area (TPSA) is 110 Å². The molecule has 0 atom stereocenters. The minimum absolute atomic E-state index is 0.0796. The van der Waals surface area contributed by atoms with Crippen LogP contribution in [0, 0.1) is 17.0 Å². The van der Waals surface area contributed by atoms with Crippen LogP contribution >= 0.6 is 15.9 Å². The number of aryl methyl sites for hydroxylation is 1. The number of imide groups is 1. The van der Waals surface area contributed by atoms with Crippen molar-refractivity contribution in [1.82, 2.24) is 4.90 Å². The van der Waals surface area contributed by atoms with Crippen molar-refractivity contribution in [2.75, 3.05) is 11.9 Å². The molecule has 0 unspecified atom stereocenters. The average molecular weight is 432 g/mol. The third-order valence-electron chi connectivity index (χ3n) is 4.20. The summed E-state index contributed by atoms with van der Waals surface area (Å²) < 4.78 is 0.683. The van der Waals surface area contributed by atoms with Crippen LogP contribution in [0.3, 0.4) is 0 Å². The van der Waals surface area contributed by atoms with Crippen LogP contribution in [0.15, 0.2) is 40.9 Å². The Hall–Kier alpha value is -3.07. The second kappa shape index (κ2) is 7.28. The van der Waals surface area contributed by atoms with Crippen molar-refractivity contribution in [2.24, 2.45) is 0 Å². The lowest BCUT2D eigenvalue weighted by molar-refractivity contribution is -0.384. The van der Waals surface area contributed by atoms with Crippen molar-refractivity contribution in [3.8, 4) is 0 Å². The molecule has 0 bridgehead atoms. The Balaban J connectivity index is 1.67. The highest BCUT2D eigenvalue weighted by Gasteiger charge is 2.35. The molecule has 9 heteroatoms. The number of anilines is 1. The monoisotopic (exact) mass is 431 g/mol. The van der Waals surface area contributed by atoms with Gasteiger partial charge in [0, 0.05) is 29.6 Å². The number of rotatable bonds is 5. The summed E-state index contributed by atoms with van der Waals surface area (Å²) in [7, 11) is 0. The maximum absolute atomic E-state index is 12.4. The smallest absolute Gasteiger partial charge is 0.271 e. The highest BCUT2D eigenvalue weighted by Crippen LogP contribution is 2.26. The molecule has 1 N–H and O–H groups in total. The van der Waals surface area contributed by atoms with Crippen LogP contribution in [0.5, 0.6) is 0 Å². The fraction of sp³-hybridized carbons (Fsp3) is 0.167. The molecule has 1 aliphatic rings. The summed E-state index contributed by atoms with van der Waals surface area (Å²) >= 11 is 3.26. The lowest BCUT2D eigenvalue weighted by Crippen LogP contribution is -2.32. The van der Waals surface area contributed by atoms with Crippen molar-refractivity contribution in [2.45, 2.75) is 13.3 Å².